The third-order valence-corrected chi connectivity index (χ3v) is 5.78. The van der Waals surface area contributed by atoms with E-state index in [9.17, 15) is 4.79 Å². The molecule has 3 rings (SSSR count). The number of rotatable bonds is 8. The third-order valence-electron chi connectivity index (χ3n) is 3.71. The van der Waals surface area contributed by atoms with Gasteiger partial charge in [0.15, 0.2) is 10.1 Å². The molecule has 0 aliphatic heterocycles. The van der Waals surface area contributed by atoms with Gasteiger partial charge in [-0.3, -0.25) is 4.79 Å². The Morgan fingerprint density at radius 2 is 2.21 bits per heavy atom. The summed E-state index contributed by atoms with van der Waals surface area (Å²) in [5.41, 5.74) is 1.72. The summed E-state index contributed by atoms with van der Waals surface area (Å²) in [7, 11) is 0. The van der Waals surface area contributed by atoms with Gasteiger partial charge in [0.25, 0.3) is 0 Å². The molecule has 7 heteroatoms. The van der Waals surface area contributed by atoms with Gasteiger partial charge in [0.1, 0.15) is 0 Å². The van der Waals surface area contributed by atoms with Crippen LogP contribution in [0.1, 0.15) is 37.0 Å². The largest absolute Gasteiger partial charge is 0.360 e. The standard InChI is InChI=1S/C17H20N4OS2/c1-3-4-9-18-16-20-21-17(24-16)23-11(2)15(22)13-10-19-14-8-6-5-7-12(13)14/h5-8,10-11,19H,3-4,9H2,1-2H3,(H,18,20)/t11-/m1/s1. The average Bonchev–Trinajstić information content (AvgIpc) is 3.21. The Kier molecular flexibility index (Phi) is 5.52. The summed E-state index contributed by atoms with van der Waals surface area (Å²) in [4.78, 5) is 15.9. The number of ketones is 1. The van der Waals surface area contributed by atoms with Crippen molar-refractivity contribution in [3.05, 3.63) is 36.0 Å². The van der Waals surface area contributed by atoms with Crippen molar-refractivity contribution in [2.45, 2.75) is 36.3 Å². The zero-order chi connectivity index (χ0) is 16.9. The number of para-hydroxylation sites is 1. The number of carbonyl (C=O) groups excluding carboxylic acids is 1. The Labute approximate surface area is 149 Å². The van der Waals surface area contributed by atoms with Crippen LogP contribution in [0.2, 0.25) is 0 Å². The van der Waals surface area contributed by atoms with Gasteiger partial charge in [-0.05, 0) is 19.4 Å². The van der Waals surface area contributed by atoms with Crippen LogP contribution in [0.15, 0.2) is 34.8 Å². The molecule has 1 atom stereocenters. The fraction of sp³-hybridized carbons (Fsp3) is 0.353. The van der Waals surface area contributed by atoms with E-state index >= 15 is 0 Å². The Balaban J connectivity index is 1.66. The number of fused-ring (bicyclic) bond motifs is 1. The summed E-state index contributed by atoms with van der Waals surface area (Å²) in [6, 6.07) is 7.85. The summed E-state index contributed by atoms with van der Waals surface area (Å²) in [6.45, 7) is 4.97. The second-order valence-corrected chi connectivity index (χ2v) is 8.09. The molecule has 2 heterocycles. The number of aromatic amines is 1. The first-order valence-corrected chi connectivity index (χ1v) is 9.73. The molecular formula is C17H20N4OS2. The van der Waals surface area contributed by atoms with Crippen LogP contribution in [0.3, 0.4) is 0 Å². The third kappa shape index (κ3) is 3.79. The van der Waals surface area contributed by atoms with Gasteiger partial charge in [0.2, 0.25) is 5.13 Å². The van der Waals surface area contributed by atoms with Gasteiger partial charge in [0, 0.05) is 29.2 Å². The smallest absolute Gasteiger partial charge is 0.206 e. The normalized spacial score (nSPS) is 12.4. The van der Waals surface area contributed by atoms with Crippen LogP contribution in [-0.4, -0.2) is 32.8 Å². The molecule has 0 radical (unpaired) electrons. The van der Waals surface area contributed by atoms with E-state index in [0.717, 1.165) is 45.3 Å². The highest BCUT2D eigenvalue weighted by atomic mass is 32.2. The van der Waals surface area contributed by atoms with Crippen molar-refractivity contribution in [1.29, 1.82) is 0 Å². The molecule has 5 nitrogen and oxygen atoms in total. The van der Waals surface area contributed by atoms with E-state index in [0.29, 0.717) is 0 Å². The number of thioether (sulfide) groups is 1. The number of aromatic nitrogens is 3. The highest BCUT2D eigenvalue weighted by Crippen LogP contribution is 2.31. The lowest BCUT2D eigenvalue weighted by atomic mass is 10.1. The van der Waals surface area contributed by atoms with Crippen molar-refractivity contribution >= 4 is 44.9 Å². The van der Waals surface area contributed by atoms with Crippen LogP contribution in [0.25, 0.3) is 10.9 Å². The minimum atomic E-state index is -0.208. The van der Waals surface area contributed by atoms with E-state index in [2.05, 4.69) is 27.4 Å². The minimum absolute atomic E-state index is 0.105. The van der Waals surface area contributed by atoms with Gasteiger partial charge in [-0.25, -0.2) is 0 Å². The Hall–Kier alpha value is -1.86. The molecule has 0 spiro atoms. The number of anilines is 1. The number of Topliss-reactive ketones (excluding diaryl/α,β-unsaturated/α-hetero) is 1. The number of H-pyrrole nitrogens is 1. The number of unbranched alkanes of at least 4 members (excludes halogenated alkanes) is 1. The molecule has 1 aromatic carbocycles. The van der Waals surface area contributed by atoms with Gasteiger partial charge >= 0.3 is 0 Å². The van der Waals surface area contributed by atoms with E-state index < -0.39 is 0 Å². The highest BCUT2D eigenvalue weighted by molar-refractivity contribution is 8.02. The van der Waals surface area contributed by atoms with Crippen LogP contribution in [0, 0.1) is 0 Å². The van der Waals surface area contributed by atoms with Crippen molar-refractivity contribution in [2.24, 2.45) is 0 Å². The minimum Gasteiger partial charge on any atom is -0.360 e. The molecule has 0 amide bonds. The second kappa shape index (κ2) is 7.81. The van der Waals surface area contributed by atoms with E-state index in [1.165, 1.54) is 23.1 Å². The molecule has 0 aliphatic rings. The molecular weight excluding hydrogens is 340 g/mol. The molecule has 0 saturated heterocycles. The van der Waals surface area contributed by atoms with Gasteiger partial charge < -0.3 is 10.3 Å². The maximum atomic E-state index is 12.7. The molecule has 24 heavy (non-hydrogen) atoms. The summed E-state index contributed by atoms with van der Waals surface area (Å²) in [5, 5.41) is 13.1. The fourth-order valence-corrected chi connectivity index (χ4v) is 4.39. The van der Waals surface area contributed by atoms with Crippen molar-refractivity contribution in [3.63, 3.8) is 0 Å². The Bertz CT molecular complexity index is 827. The maximum Gasteiger partial charge on any atom is 0.206 e. The number of nitrogens with one attached hydrogen (secondary N) is 2. The molecule has 0 unspecified atom stereocenters. The van der Waals surface area contributed by atoms with Gasteiger partial charge in [-0.1, -0.05) is 54.6 Å². The van der Waals surface area contributed by atoms with Crippen LogP contribution in [0.4, 0.5) is 5.13 Å². The molecule has 2 N–H and O–H groups in total. The number of hydrogen-bond acceptors (Lipinski definition) is 6. The first-order valence-electron chi connectivity index (χ1n) is 8.03. The molecule has 2 aromatic heterocycles. The molecule has 3 aromatic rings. The number of benzene rings is 1. The predicted molar refractivity (Wildman–Crippen MR) is 101 cm³/mol. The summed E-state index contributed by atoms with van der Waals surface area (Å²) in [6.07, 6.45) is 4.04. The average molecular weight is 361 g/mol. The van der Waals surface area contributed by atoms with Crippen LogP contribution in [-0.2, 0) is 0 Å². The highest BCUT2D eigenvalue weighted by Gasteiger charge is 2.21. The lowest BCUT2D eigenvalue weighted by molar-refractivity contribution is 0.0995. The van der Waals surface area contributed by atoms with Crippen molar-refractivity contribution in [1.82, 2.24) is 15.2 Å². The monoisotopic (exact) mass is 360 g/mol. The number of nitrogens with zero attached hydrogens (tertiary/aromatic N) is 2. The van der Waals surface area contributed by atoms with Gasteiger partial charge in [0.05, 0.1) is 5.25 Å². The fourth-order valence-electron chi connectivity index (χ4n) is 2.40. The maximum absolute atomic E-state index is 12.7. The van der Waals surface area contributed by atoms with E-state index in [1.807, 2.05) is 31.2 Å². The van der Waals surface area contributed by atoms with E-state index in [4.69, 9.17) is 0 Å². The Morgan fingerprint density at radius 1 is 1.38 bits per heavy atom. The van der Waals surface area contributed by atoms with Crippen LogP contribution >= 0.6 is 23.1 Å². The van der Waals surface area contributed by atoms with Crippen molar-refractivity contribution in [3.8, 4) is 0 Å². The second-order valence-electron chi connectivity index (χ2n) is 5.53. The van der Waals surface area contributed by atoms with Crippen LogP contribution < -0.4 is 5.32 Å². The van der Waals surface area contributed by atoms with Crippen molar-refractivity contribution in [2.75, 3.05) is 11.9 Å². The SMILES string of the molecule is CCCCNc1nnc(S[C@H](C)C(=O)c2c[nH]c3ccccc23)s1. The Morgan fingerprint density at radius 3 is 3.04 bits per heavy atom. The lowest BCUT2D eigenvalue weighted by Crippen LogP contribution is -2.12. The van der Waals surface area contributed by atoms with E-state index in [1.54, 1.807) is 6.20 Å². The quantitative estimate of drug-likeness (QED) is 0.349. The molecule has 0 saturated carbocycles. The lowest BCUT2D eigenvalue weighted by Gasteiger charge is -2.06. The van der Waals surface area contributed by atoms with Crippen LogP contribution in [0.5, 0.6) is 0 Å². The van der Waals surface area contributed by atoms with Crippen molar-refractivity contribution < 1.29 is 4.79 Å². The first-order chi connectivity index (χ1) is 11.7. The number of carbonyl (C=O) groups is 1. The van der Waals surface area contributed by atoms with E-state index in [-0.39, 0.29) is 11.0 Å². The summed E-state index contributed by atoms with van der Waals surface area (Å²) < 4.78 is 0.815. The number of hydrogen-bond donors (Lipinski definition) is 2. The molecule has 0 fully saturated rings. The molecule has 0 aliphatic carbocycles. The zero-order valence-electron chi connectivity index (χ0n) is 13.7. The van der Waals surface area contributed by atoms with Gasteiger partial charge in [-0.2, -0.15) is 0 Å². The molecule has 0 bridgehead atoms. The molecule has 126 valence electrons. The summed E-state index contributed by atoms with van der Waals surface area (Å²) >= 11 is 2.96. The van der Waals surface area contributed by atoms with Gasteiger partial charge in [-0.15, -0.1) is 10.2 Å². The first kappa shape index (κ1) is 17.0. The zero-order valence-corrected chi connectivity index (χ0v) is 15.3. The topological polar surface area (TPSA) is 70.7 Å². The summed E-state index contributed by atoms with van der Waals surface area (Å²) in [5.74, 6) is 0.105. The predicted octanol–water partition coefficient (Wildman–Crippen LogP) is 4.59.